The van der Waals surface area contributed by atoms with Gasteiger partial charge in [0.15, 0.2) is 0 Å². The molecule has 0 atom stereocenters. The van der Waals surface area contributed by atoms with Crippen molar-refractivity contribution < 1.29 is 0 Å². The Balaban J connectivity index is 2.39. The van der Waals surface area contributed by atoms with E-state index in [9.17, 15) is 0 Å². The molecule has 0 amide bonds. The molecule has 1 aromatic rings. The van der Waals surface area contributed by atoms with E-state index in [2.05, 4.69) is 39.9 Å². The van der Waals surface area contributed by atoms with Crippen molar-refractivity contribution in [1.29, 1.82) is 0 Å². The van der Waals surface area contributed by atoms with Gasteiger partial charge < -0.3 is 4.90 Å². The summed E-state index contributed by atoms with van der Waals surface area (Å²) in [5.74, 6) is 0. The van der Waals surface area contributed by atoms with Gasteiger partial charge in [-0.1, -0.05) is 0 Å². The minimum Gasteiger partial charge on any atom is -0.300 e. The Kier molecular flexibility index (Phi) is 2.43. The third-order valence-corrected chi connectivity index (χ3v) is 3.42. The van der Waals surface area contributed by atoms with Crippen molar-refractivity contribution in [3.8, 4) is 0 Å². The van der Waals surface area contributed by atoms with Crippen LogP contribution in [0.3, 0.4) is 0 Å². The lowest BCUT2D eigenvalue weighted by Gasteiger charge is -2.20. The Morgan fingerprint density at radius 3 is 3.00 bits per heavy atom. The smallest absolute Gasteiger partial charge is 0.107 e. The molecule has 0 saturated heterocycles. The molecule has 72 valence electrons. The summed E-state index contributed by atoms with van der Waals surface area (Å²) >= 11 is 3.60. The highest BCUT2D eigenvalue weighted by Gasteiger charge is 2.20. The fourth-order valence-electron chi connectivity index (χ4n) is 1.75. The number of rotatable bonds is 1. The van der Waals surface area contributed by atoms with Crippen molar-refractivity contribution in [3.05, 3.63) is 15.9 Å². The van der Waals surface area contributed by atoms with Gasteiger partial charge in [-0.2, -0.15) is 5.10 Å². The first-order chi connectivity index (χ1) is 6.22. The summed E-state index contributed by atoms with van der Waals surface area (Å²) in [6.07, 6.45) is 1.12. The molecule has 1 aliphatic rings. The molecule has 0 N–H and O–H groups in total. The summed E-state index contributed by atoms with van der Waals surface area (Å²) in [6.45, 7) is 5.19. The van der Waals surface area contributed by atoms with Gasteiger partial charge in [-0.3, -0.25) is 4.68 Å². The summed E-state index contributed by atoms with van der Waals surface area (Å²) in [6, 6.07) is 0. The molecule has 13 heavy (non-hydrogen) atoms. The Bertz CT molecular complexity index is 319. The fourth-order valence-corrected chi connectivity index (χ4v) is 2.50. The summed E-state index contributed by atoms with van der Waals surface area (Å²) in [5, 5.41) is 4.55. The second kappa shape index (κ2) is 3.42. The van der Waals surface area contributed by atoms with Gasteiger partial charge in [0.25, 0.3) is 0 Å². The van der Waals surface area contributed by atoms with E-state index in [4.69, 9.17) is 0 Å². The van der Waals surface area contributed by atoms with Gasteiger partial charge >= 0.3 is 0 Å². The highest BCUT2D eigenvalue weighted by atomic mass is 79.9. The fraction of sp³-hybridized carbons (Fsp3) is 0.667. The number of hydrogen-bond donors (Lipinski definition) is 0. The van der Waals surface area contributed by atoms with Gasteiger partial charge in [-0.25, -0.2) is 0 Å². The number of nitrogens with zero attached hydrogens (tertiary/aromatic N) is 3. The molecule has 0 aliphatic carbocycles. The molecule has 0 fully saturated rings. The minimum atomic E-state index is 0.942. The molecule has 0 aromatic carbocycles. The van der Waals surface area contributed by atoms with Crippen LogP contribution in [0.1, 0.15) is 18.2 Å². The largest absolute Gasteiger partial charge is 0.300 e. The van der Waals surface area contributed by atoms with Crippen LogP contribution in [0.4, 0.5) is 0 Å². The molecule has 3 nitrogen and oxygen atoms in total. The molecule has 2 rings (SSSR count). The molecule has 0 radical (unpaired) electrons. The molecule has 0 bridgehead atoms. The molecule has 2 heterocycles. The van der Waals surface area contributed by atoms with E-state index in [1.807, 2.05) is 4.68 Å². The third kappa shape index (κ3) is 1.53. The van der Waals surface area contributed by atoms with Crippen molar-refractivity contribution in [2.45, 2.75) is 26.4 Å². The number of fused-ring (bicyclic) bond motifs is 1. The molecule has 1 aromatic heterocycles. The van der Waals surface area contributed by atoms with Crippen LogP contribution in [0.25, 0.3) is 0 Å². The molecular weight excluding hydrogens is 230 g/mol. The maximum Gasteiger partial charge on any atom is 0.107 e. The maximum atomic E-state index is 4.55. The van der Waals surface area contributed by atoms with Crippen LogP contribution in [0.15, 0.2) is 4.60 Å². The van der Waals surface area contributed by atoms with E-state index in [0.29, 0.717) is 0 Å². The molecule has 0 saturated carbocycles. The first-order valence-electron chi connectivity index (χ1n) is 4.65. The second-order valence-electron chi connectivity index (χ2n) is 3.52. The topological polar surface area (TPSA) is 21.1 Å². The van der Waals surface area contributed by atoms with Crippen molar-refractivity contribution in [2.24, 2.45) is 0 Å². The van der Waals surface area contributed by atoms with E-state index in [-0.39, 0.29) is 0 Å². The zero-order valence-corrected chi connectivity index (χ0v) is 9.63. The second-order valence-corrected chi connectivity index (χ2v) is 4.27. The van der Waals surface area contributed by atoms with Crippen LogP contribution < -0.4 is 0 Å². The zero-order chi connectivity index (χ0) is 9.42. The SMILES string of the molecule is CCn1nc2c(c1Br)CCN(C)C2. The summed E-state index contributed by atoms with van der Waals surface area (Å²) in [4.78, 5) is 2.31. The minimum absolute atomic E-state index is 0.942. The van der Waals surface area contributed by atoms with Crippen LogP contribution in [-0.2, 0) is 19.5 Å². The van der Waals surface area contributed by atoms with Crippen LogP contribution in [0.5, 0.6) is 0 Å². The van der Waals surface area contributed by atoms with Crippen molar-refractivity contribution in [1.82, 2.24) is 14.7 Å². The average Bonchev–Trinajstić information content (AvgIpc) is 2.42. The Hall–Kier alpha value is -0.350. The maximum absolute atomic E-state index is 4.55. The highest BCUT2D eigenvalue weighted by molar-refractivity contribution is 9.10. The van der Waals surface area contributed by atoms with Gasteiger partial charge in [0.2, 0.25) is 0 Å². The Morgan fingerprint density at radius 2 is 2.31 bits per heavy atom. The van der Waals surface area contributed by atoms with Crippen LogP contribution in [0.2, 0.25) is 0 Å². The number of likely N-dealkylation sites (N-methyl/N-ethyl adjacent to an activating group) is 1. The van der Waals surface area contributed by atoms with Gasteiger partial charge in [0, 0.05) is 25.2 Å². The predicted molar refractivity (Wildman–Crippen MR) is 55.6 cm³/mol. The van der Waals surface area contributed by atoms with Crippen LogP contribution >= 0.6 is 15.9 Å². The van der Waals surface area contributed by atoms with Crippen LogP contribution in [-0.4, -0.2) is 28.3 Å². The number of hydrogen-bond acceptors (Lipinski definition) is 2. The lowest BCUT2D eigenvalue weighted by atomic mass is 10.1. The Labute approximate surface area is 86.8 Å². The zero-order valence-electron chi connectivity index (χ0n) is 8.05. The molecule has 0 unspecified atom stereocenters. The predicted octanol–water partition coefficient (Wildman–Crippen LogP) is 1.65. The third-order valence-electron chi connectivity index (χ3n) is 2.53. The van der Waals surface area contributed by atoms with Crippen molar-refractivity contribution >= 4 is 15.9 Å². The standard InChI is InChI=1S/C9H14BrN3/c1-3-13-9(10)7-4-5-12(2)6-8(7)11-13/h3-6H2,1-2H3. The summed E-state index contributed by atoms with van der Waals surface area (Å²) < 4.78 is 3.21. The molecule has 1 aliphatic heterocycles. The van der Waals surface area contributed by atoms with Crippen molar-refractivity contribution in [3.63, 3.8) is 0 Å². The van der Waals surface area contributed by atoms with Gasteiger partial charge in [0.05, 0.1) is 5.69 Å². The van der Waals surface area contributed by atoms with E-state index in [0.717, 1.165) is 26.1 Å². The number of aryl methyl sites for hydroxylation is 1. The van der Waals surface area contributed by atoms with Gasteiger partial charge in [-0.05, 0) is 36.3 Å². The molecule has 4 heteroatoms. The highest BCUT2D eigenvalue weighted by Crippen LogP contribution is 2.25. The monoisotopic (exact) mass is 243 g/mol. The normalized spacial score (nSPS) is 17.5. The van der Waals surface area contributed by atoms with E-state index in [1.54, 1.807) is 0 Å². The Morgan fingerprint density at radius 1 is 1.54 bits per heavy atom. The lowest BCUT2D eigenvalue weighted by Crippen LogP contribution is -2.26. The number of halogens is 1. The number of aromatic nitrogens is 2. The summed E-state index contributed by atoms with van der Waals surface area (Å²) in [5.41, 5.74) is 2.64. The van der Waals surface area contributed by atoms with E-state index in [1.165, 1.54) is 15.9 Å². The van der Waals surface area contributed by atoms with E-state index < -0.39 is 0 Å². The first-order valence-corrected chi connectivity index (χ1v) is 5.44. The van der Waals surface area contributed by atoms with Crippen LogP contribution in [0, 0.1) is 0 Å². The van der Waals surface area contributed by atoms with Gasteiger partial charge in [-0.15, -0.1) is 0 Å². The average molecular weight is 244 g/mol. The molecule has 0 spiro atoms. The van der Waals surface area contributed by atoms with Crippen molar-refractivity contribution in [2.75, 3.05) is 13.6 Å². The van der Waals surface area contributed by atoms with Gasteiger partial charge in [0.1, 0.15) is 4.60 Å². The molecular formula is C9H14BrN3. The summed E-state index contributed by atoms with van der Waals surface area (Å²) in [7, 11) is 2.14. The lowest BCUT2D eigenvalue weighted by molar-refractivity contribution is 0.308. The van der Waals surface area contributed by atoms with E-state index >= 15 is 0 Å². The first kappa shape index (κ1) is 9.21. The quantitative estimate of drug-likeness (QED) is 0.749.